The van der Waals surface area contributed by atoms with E-state index in [9.17, 15) is 14.4 Å². The number of anilines is 1. The number of likely N-dealkylation sites (tertiary alicyclic amines) is 1. The number of carbonyl (C=O) groups is 3. The highest BCUT2D eigenvalue weighted by molar-refractivity contribution is 6.11. The number of carbonyl (C=O) groups excluding carboxylic acids is 3. The molecule has 2 aromatic carbocycles. The van der Waals surface area contributed by atoms with Crippen LogP contribution in [0.2, 0.25) is 0 Å². The van der Waals surface area contributed by atoms with Crippen LogP contribution in [-0.4, -0.2) is 28.7 Å². The van der Waals surface area contributed by atoms with Crippen molar-refractivity contribution in [3.63, 3.8) is 0 Å². The summed E-state index contributed by atoms with van der Waals surface area (Å²) in [6.45, 7) is 1.95. The Hall–Kier alpha value is -3.21. The van der Waals surface area contributed by atoms with Gasteiger partial charge in [-0.2, -0.15) is 0 Å². The SMILES string of the molecule is Cc1cccc(NC(=O)[C@H](Cc2ccccc2)N2C(=O)[C@@H]3[C@@H](C2=O)[C@H]2C=C[C@@H]3C2)c1. The largest absolute Gasteiger partial charge is 0.324 e. The highest BCUT2D eigenvalue weighted by Crippen LogP contribution is 2.53. The van der Waals surface area contributed by atoms with Gasteiger partial charge in [0.25, 0.3) is 0 Å². The van der Waals surface area contributed by atoms with Crippen LogP contribution in [-0.2, 0) is 20.8 Å². The number of allylic oxidation sites excluding steroid dienone is 2. The first-order valence-corrected chi connectivity index (χ1v) is 10.5. The van der Waals surface area contributed by atoms with Crippen LogP contribution in [0, 0.1) is 30.6 Å². The summed E-state index contributed by atoms with van der Waals surface area (Å²) in [5.41, 5.74) is 2.61. The van der Waals surface area contributed by atoms with Crippen molar-refractivity contribution in [2.75, 3.05) is 5.32 Å². The molecular weight excluding hydrogens is 376 g/mol. The normalized spacial score (nSPS) is 27.4. The van der Waals surface area contributed by atoms with Crippen LogP contribution >= 0.6 is 0 Å². The van der Waals surface area contributed by atoms with Gasteiger partial charge in [0.2, 0.25) is 17.7 Å². The van der Waals surface area contributed by atoms with Crippen molar-refractivity contribution in [3.8, 4) is 0 Å². The quantitative estimate of drug-likeness (QED) is 0.618. The smallest absolute Gasteiger partial charge is 0.248 e. The molecule has 1 saturated carbocycles. The first-order chi connectivity index (χ1) is 14.5. The number of hydrogen-bond acceptors (Lipinski definition) is 3. The van der Waals surface area contributed by atoms with Gasteiger partial charge in [-0.05, 0) is 48.4 Å². The second-order valence-corrected chi connectivity index (χ2v) is 8.61. The molecule has 5 rings (SSSR count). The van der Waals surface area contributed by atoms with Crippen molar-refractivity contribution in [2.24, 2.45) is 23.7 Å². The van der Waals surface area contributed by atoms with Crippen LogP contribution in [0.15, 0.2) is 66.7 Å². The van der Waals surface area contributed by atoms with E-state index in [1.165, 1.54) is 4.90 Å². The Labute approximate surface area is 175 Å². The summed E-state index contributed by atoms with van der Waals surface area (Å²) in [6, 6.07) is 16.2. The van der Waals surface area contributed by atoms with Gasteiger partial charge in [0, 0.05) is 12.1 Å². The van der Waals surface area contributed by atoms with E-state index in [4.69, 9.17) is 0 Å². The lowest BCUT2D eigenvalue weighted by molar-refractivity contribution is -0.147. The molecule has 2 bridgehead atoms. The van der Waals surface area contributed by atoms with Gasteiger partial charge in [-0.25, -0.2) is 0 Å². The zero-order valence-electron chi connectivity index (χ0n) is 16.8. The lowest BCUT2D eigenvalue weighted by Gasteiger charge is -2.27. The van der Waals surface area contributed by atoms with E-state index in [0.29, 0.717) is 12.1 Å². The third-order valence-corrected chi connectivity index (χ3v) is 6.68. The highest BCUT2D eigenvalue weighted by Gasteiger charge is 2.61. The Kier molecular flexibility index (Phi) is 4.54. The molecule has 1 heterocycles. The molecule has 30 heavy (non-hydrogen) atoms. The summed E-state index contributed by atoms with van der Waals surface area (Å²) < 4.78 is 0. The predicted octanol–water partition coefficient (Wildman–Crippen LogP) is 3.35. The zero-order chi connectivity index (χ0) is 20.8. The van der Waals surface area contributed by atoms with Crippen molar-refractivity contribution in [2.45, 2.75) is 25.8 Å². The van der Waals surface area contributed by atoms with Gasteiger partial charge in [-0.1, -0.05) is 54.6 Å². The number of nitrogens with zero attached hydrogens (tertiary/aromatic N) is 1. The molecule has 1 saturated heterocycles. The fourth-order valence-corrected chi connectivity index (χ4v) is 5.32. The van der Waals surface area contributed by atoms with Crippen LogP contribution in [0.4, 0.5) is 5.69 Å². The maximum atomic E-state index is 13.3. The molecule has 2 aliphatic carbocycles. The number of amides is 3. The average Bonchev–Trinajstić information content (AvgIpc) is 3.41. The molecule has 0 spiro atoms. The summed E-state index contributed by atoms with van der Waals surface area (Å²) in [5.74, 6) is -1.08. The maximum absolute atomic E-state index is 13.3. The summed E-state index contributed by atoms with van der Waals surface area (Å²) >= 11 is 0. The summed E-state index contributed by atoms with van der Waals surface area (Å²) in [7, 11) is 0. The van der Waals surface area contributed by atoms with E-state index in [-0.39, 0.29) is 41.4 Å². The monoisotopic (exact) mass is 400 g/mol. The van der Waals surface area contributed by atoms with E-state index in [0.717, 1.165) is 17.5 Å². The van der Waals surface area contributed by atoms with E-state index < -0.39 is 6.04 Å². The summed E-state index contributed by atoms with van der Waals surface area (Å²) in [6.07, 6.45) is 5.32. The van der Waals surface area contributed by atoms with Crippen LogP contribution < -0.4 is 5.32 Å². The van der Waals surface area contributed by atoms with Gasteiger partial charge in [0.1, 0.15) is 6.04 Å². The van der Waals surface area contributed by atoms with Gasteiger partial charge in [0.05, 0.1) is 11.8 Å². The Morgan fingerprint density at radius 1 is 1.00 bits per heavy atom. The van der Waals surface area contributed by atoms with Crippen molar-refractivity contribution >= 4 is 23.4 Å². The van der Waals surface area contributed by atoms with E-state index >= 15 is 0 Å². The molecule has 0 aromatic heterocycles. The Morgan fingerprint density at radius 2 is 1.67 bits per heavy atom. The number of rotatable bonds is 5. The Bertz CT molecular complexity index is 1020. The van der Waals surface area contributed by atoms with Crippen molar-refractivity contribution in [3.05, 3.63) is 77.9 Å². The highest BCUT2D eigenvalue weighted by atomic mass is 16.2. The number of fused-ring (bicyclic) bond motifs is 5. The maximum Gasteiger partial charge on any atom is 0.248 e. The number of hydrogen-bond donors (Lipinski definition) is 1. The Balaban J connectivity index is 1.46. The molecule has 3 amide bonds. The van der Waals surface area contributed by atoms with Crippen molar-refractivity contribution in [1.82, 2.24) is 4.90 Å². The lowest BCUT2D eigenvalue weighted by Crippen LogP contribution is -2.49. The van der Waals surface area contributed by atoms with Gasteiger partial charge in [-0.15, -0.1) is 0 Å². The molecule has 2 aromatic rings. The van der Waals surface area contributed by atoms with Crippen LogP contribution in [0.25, 0.3) is 0 Å². The average molecular weight is 400 g/mol. The molecule has 0 unspecified atom stereocenters. The van der Waals surface area contributed by atoms with E-state index in [1.807, 2.05) is 61.5 Å². The van der Waals surface area contributed by atoms with Crippen LogP contribution in [0.1, 0.15) is 17.5 Å². The zero-order valence-corrected chi connectivity index (χ0v) is 16.8. The number of benzene rings is 2. The Morgan fingerprint density at radius 3 is 2.30 bits per heavy atom. The molecule has 2 fully saturated rings. The molecule has 5 nitrogen and oxygen atoms in total. The minimum absolute atomic E-state index is 0.124. The van der Waals surface area contributed by atoms with Crippen LogP contribution in [0.3, 0.4) is 0 Å². The number of aryl methyl sites for hydroxylation is 1. The third-order valence-electron chi connectivity index (χ3n) is 6.68. The molecule has 1 aliphatic heterocycles. The number of nitrogens with one attached hydrogen (secondary N) is 1. The van der Waals surface area contributed by atoms with Crippen LogP contribution in [0.5, 0.6) is 0 Å². The van der Waals surface area contributed by atoms with Crippen molar-refractivity contribution in [1.29, 1.82) is 0 Å². The van der Waals surface area contributed by atoms with Gasteiger partial charge >= 0.3 is 0 Å². The summed E-state index contributed by atoms with van der Waals surface area (Å²) in [5, 5.41) is 2.92. The molecule has 5 heteroatoms. The third kappa shape index (κ3) is 3.05. The number of imide groups is 1. The molecule has 1 N–H and O–H groups in total. The van der Waals surface area contributed by atoms with Crippen molar-refractivity contribution < 1.29 is 14.4 Å². The van der Waals surface area contributed by atoms with E-state index in [2.05, 4.69) is 17.5 Å². The molecule has 5 atom stereocenters. The summed E-state index contributed by atoms with van der Waals surface area (Å²) in [4.78, 5) is 41.2. The van der Waals surface area contributed by atoms with E-state index in [1.54, 1.807) is 0 Å². The molecular formula is C25H24N2O3. The fraction of sp³-hybridized carbons (Fsp3) is 0.320. The topological polar surface area (TPSA) is 66.5 Å². The predicted molar refractivity (Wildman–Crippen MR) is 113 cm³/mol. The van der Waals surface area contributed by atoms with Gasteiger partial charge in [-0.3, -0.25) is 19.3 Å². The molecule has 3 aliphatic rings. The second kappa shape index (κ2) is 7.24. The molecule has 152 valence electrons. The first-order valence-electron chi connectivity index (χ1n) is 10.5. The van der Waals surface area contributed by atoms with Gasteiger partial charge < -0.3 is 5.32 Å². The van der Waals surface area contributed by atoms with Gasteiger partial charge in [0.15, 0.2) is 0 Å². The fourth-order valence-electron chi connectivity index (χ4n) is 5.32. The lowest BCUT2D eigenvalue weighted by atomic mass is 9.85. The molecule has 0 radical (unpaired) electrons. The minimum atomic E-state index is -0.863. The second-order valence-electron chi connectivity index (χ2n) is 8.61. The standard InChI is InChI=1S/C25H24N2O3/c1-15-6-5-9-19(12-15)26-23(28)20(13-16-7-3-2-4-8-16)27-24(29)21-17-10-11-18(14-17)22(21)25(27)30/h2-12,17-18,20-22H,13-14H2,1H3,(H,26,28)/t17-,18+,20-,21-,22-/m0/s1. The minimum Gasteiger partial charge on any atom is -0.324 e. The first kappa shape index (κ1) is 18.8.